The van der Waals surface area contributed by atoms with Gasteiger partial charge in [0.2, 0.25) is 0 Å². The first-order chi connectivity index (χ1) is 17.2. The molecule has 4 aromatic rings. The van der Waals surface area contributed by atoms with Crippen molar-refractivity contribution in [2.45, 2.75) is 20.0 Å². The van der Waals surface area contributed by atoms with E-state index in [0.717, 1.165) is 15.9 Å². The van der Waals surface area contributed by atoms with Crippen LogP contribution in [0.15, 0.2) is 46.2 Å². The van der Waals surface area contributed by atoms with Crippen LogP contribution in [0.5, 0.6) is 5.75 Å². The molecule has 0 atom stereocenters. The van der Waals surface area contributed by atoms with Gasteiger partial charge in [-0.1, -0.05) is 12.1 Å². The number of amides is 1. The quantitative estimate of drug-likeness (QED) is 0.368. The summed E-state index contributed by atoms with van der Waals surface area (Å²) in [6.45, 7) is 1.38. The predicted molar refractivity (Wildman–Crippen MR) is 127 cm³/mol. The van der Waals surface area contributed by atoms with E-state index in [4.69, 9.17) is 4.74 Å². The second-order valence-corrected chi connectivity index (χ2v) is 8.60. The zero-order valence-corrected chi connectivity index (χ0v) is 20.2. The van der Waals surface area contributed by atoms with E-state index < -0.39 is 23.1 Å². The van der Waals surface area contributed by atoms with E-state index in [2.05, 4.69) is 20.0 Å². The third-order valence-corrected chi connectivity index (χ3v) is 6.50. The van der Waals surface area contributed by atoms with Crippen molar-refractivity contribution in [3.05, 3.63) is 90.8 Å². The van der Waals surface area contributed by atoms with E-state index in [1.807, 2.05) is 0 Å². The van der Waals surface area contributed by atoms with E-state index in [0.29, 0.717) is 10.4 Å². The Hall–Kier alpha value is -4.39. The lowest BCUT2D eigenvalue weighted by molar-refractivity contribution is 0.0589. The maximum atomic E-state index is 13.1. The van der Waals surface area contributed by atoms with Crippen molar-refractivity contribution in [2.24, 2.45) is 0 Å². The highest BCUT2D eigenvalue weighted by Crippen LogP contribution is 2.19. The monoisotopic (exact) mass is 513 g/mol. The number of rotatable bonds is 7. The van der Waals surface area contributed by atoms with Gasteiger partial charge in [0.05, 0.1) is 27.0 Å². The van der Waals surface area contributed by atoms with Gasteiger partial charge in [-0.25, -0.2) is 23.9 Å². The van der Waals surface area contributed by atoms with Crippen molar-refractivity contribution < 1.29 is 23.5 Å². The van der Waals surface area contributed by atoms with Gasteiger partial charge in [0.1, 0.15) is 21.3 Å². The summed E-state index contributed by atoms with van der Waals surface area (Å²) < 4.78 is 24.9. The Balaban J connectivity index is 1.66. The molecule has 186 valence electrons. The van der Waals surface area contributed by atoms with Gasteiger partial charge in [-0.05, 0) is 24.6 Å². The number of fused-ring (bicyclic) bond motifs is 1. The highest BCUT2D eigenvalue weighted by atomic mass is 32.1. The Morgan fingerprint density at radius 1 is 1.17 bits per heavy atom. The van der Waals surface area contributed by atoms with Gasteiger partial charge in [0, 0.05) is 18.3 Å². The molecule has 36 heavy (non-hydrogen) atoms. The summed E-state index contributed by atoms with van der Waals surface area (Å²) in [6, 6.07) is 5.68. The van der Waals surface area contributed by atoms with Crippen LogP contribution in [0, 0.1) is 12.7 Å². The summed E-state index contributed by atoms with van der Waals surface area (Å²) in [5.74, 6) is -1.50. The largest absolute Gasteiger partial charge is 0.493 e. The SMILES string of the molecule is COC(=O)c1nc(Cn2c(=O)c(C)c3sc(C(=O)NCc4ccc(F)cc4)cn3c2=O)ncc1OC. The average molecular weight is 514 g/mol. The molecule has 0 fully saturated rings. The molecule has 0 aliphatic heterocycles. The van der Waals surface area contributed by atoms with Gasteiger partial charge in [-0.2, -0.15) is 0 Å². The number of aromatic nitrogens is 4. The number of hydrogen-bond donors (Lipinski definition) is 1. The lowest BCUT2D eigenvalue weighted by atomic mass is 10.2. The number of halogens is 1. The first-order valence-corrected chi connectivity index (χ1v) is 11.3. The van der Waals surface area contributed by atoms with E-state index in [-0.39, 0.29) is 46.6 Å². The highest BCUT2D eigenvalue weighted by molar-refractivity contribution is 7.19. The number of hydrogen-bond acceptors (Lipinski definition) is 9. The predicted octanol–water partition coefficient (Wildman–Crippen LogP) is 1.53. The number of esters is 1. The highest BCUT2D eigenvalue weighted by Gasteiger charge is 2.20. The molecule has 1 aromatic carbocycles. The Labute approximate surface area is 206 Å². The smallest absolute Gasteiger partial charge is 0.360 e. The molecule has 3 heterocycles. The molecule has 0 unspecified atom stereocenters. The normalized spacial score (nSPS) is 10.9. The lowest BCUT2D eigenvalue weighted by Gasteiger charge is -2.09. The molecule has 0 bridgehead atoms. The number of thiazole rings is 1. The number of nitrogens with zero attached hydrogens (tertiary/aromatic N) is 4. The van der Waals surface area contributed by atoms with Gasteiger partial charge in [0.15, 0.2) is 11.4 Å². The molecule has 0 spiro atoms. The Morgan fingerprint density at radius 2 is 1.89 bits per heavy atom. The summed E-state index contributed by atoms with van der Waals surface area (Å²) in [4.78, 5) is 59.5. The third-order valence-electron chi connectivity index (χ3n) is 5.29. The fraction of sp³-hybridized carbons (Fsp3) is 0.217. The molecule has 1 N–H and O–H groups in total. The van der Waals surface area contributed by atoms with Crippen LogP contribution in [0.2, 0.25) is 0 Å². The summed E-state index contributed by atoms with van der Waals surface area (Å²) in [5.41, 5.74) is -0.483. The number of methoxy groups -OCH3 is 2. The number of aryl methyl sites for hydroxylation is 1. The van der Waals surface area contributed by atoms with Crippen LogP contribution in [-0.2, 0) is 17.8 Å². The van der Waals surface area contributed by atoms with Gasteiger partial charge < -0.3 is 14.8 Å². The molecule has 4 rings (SSSR count). The third kappa shape index (κ3) is 4.73. The maximum Gasteiger partial charge on any atom is 0.360 e. The minimum absolute atomic E-state index is 0.0160. The van der Waals surface area contributed by atoms with Gasteiger partial charge in [0.25, 0.3) is 11.5 Å². The van der Waals surface area contributed by atoms with Crippen LogP contribution < -0.4 is 21.3 Å². The number of benzene rings is 1. The van der Waals surface area contributed by atoms with Crippen molar-refractivity contribution in [3.63, 3.8) is 0 Å². The molecular formula is C23H20FN5O6S. The van der Waals surface area contributed by atoms with Crippen LogP contribution in [0.3, 0.4) is 0 Å². The molecule has 0 saturated carbocycles. The summed E-state index contributed by atoms with van der Waals surface area (Å²) >= 11 is 0.996. The van der Waals surface area contributed by atoms with Crippen molar-refractivity contribution in [1.29, 1.82) is 0 Å². The van der Waals surface area contributed by atoms with Crippen LogP contribution in [-0.4, -0.2) is 45.0 Å². The molecular weight excluding hydrogens is 493 g/mol. The minimum atomic E-state index is -0.764. The topological polar surface area (TPSA) is 134 Å². The van der Waals surface area contributed by atoms with Crippen molar-refractivity contribution >= 4 is 28.0 Å². The number of carbonyl (C=O) groups is 2. The molecule has 0 aliphatic rings. The number of nitrogens with one attached hydrogen (secondary N) is 1. The first kappa shape index (κ1) is 24.7. The molecule has 0 saturated heterocycles. The Morgan fingerprint density at radius 3 is 2.56 bits per heavy atom. The number of carbonyl (C=O) groups excluding carboxylic acids is 2. The zero-order chi connectivity index (χ0) is 26.0. The van der Waals surface area contributed by atoms with E-state index in [9.17, 15) is 23.6 Å². The van der Waals surface area contributed by atoms with Crippen LogP contribution in [0.1, 0.15) is 37.1 Å². The average Bonchev–Trinajstić information content (AvgIpc) is 3.35. The van der Waals surface area contributed by atoms with Gasteiger partial charge in [-0.15, -0.1) is 11.3 Å². The molecule has 1 amide bonds. The fourth-order valence-electron chi connectivity index (χ4n) is 3.40. The van der Waals surface area contributed by atoms with Crippen molar-refractivity contribution in [3.8, 4) is 5.75 Å². The van der Waals surface area contributed by atoms with Gasteiger partial charge >= 0.3 is 11.7 Å². The van der Waals surface area contributed by atoms with Gasteiger partial charge in [-0.3, -0.25) is 18.6 Å². The minimum Gasteiger partial charge on any atom is -0.493 e. The van der Waals surface area contributed by atoms with E-state index in [1.54, 1.807) is 19.1 Å². The standard InChI is InChI=1S/C23H20FN5O6S/c1-12-20(31)28(11-17-25-9-15(34-2)18(27-17)22(32)35-3)23(33)29-10-16(36-21(12)29)19(30)26-8-13-4-6-14(24)7-5-13/h4-7,9-10H,8,11H2,1-3H3,(H,26,30). The Kier molecular flexibility index (Phi) is 6.92. The molecule has 0 aliphatic carbocycles. The molecule has 0 radical (unpaired) electrons. The molecule has 11 nitrogen and oxygen atoms in total. The molecule has 13 heteroatoms. The lowest BCUT2D eigenvalue weighted by Crippen LogP contribution is -2.39. The van der Waals surface area contributed by atoms with Crippen LogP contribution in [0.25, 0.3) is 4.83 Å². The van der Waals surface area contributed by atoms with Crippen LogP contribution in [0.4, 0.5) is 4.39 Å². The fourth-order valence-corrected chi connectivity index (χ4v) is 4.40. The first-order valence-electron chi connectivity index (χ1n) is 10.5. The van der Waals surface area contributed by atoms with Crippen molar-refractivity contribution in [1.82, 2.24) is 24.3 Å². The Bertz CT molecular complexity index is 1590. The summed E-state index contributed by atoms with van der Waals surface area (Å²) in [6.07, 6.45) is 2.59. The summed E-state index contributed by atoms with van der Waals surface area (Å²) in [7, 11) is 2.52. The summed E-state index contributed by atoms with van der Waals surface area (Å²) in [5, 5.41) is 2.71. The maximum absolute atomic E-state index is 13.1. The van der Waals surface area contributed by atoms with Crippen LogP contribution >= 0.6 is 11.3 Å². The molecule has 3 aromatic heterocycles. The second kappa shape index (κ2) is 10.1. The zero-order valence-electron chi connectivity index (χ0n) is 19.4. The second-order valence-electron chi connectivity index (χ2n) is 7.57. The van der Waals surface area contributed by atoms with E-state index in [1.165, 1.54) is 43.1 Å². The van der Waals surface area contributed by atoms with E-state index >= 15 is 0 Å². The van der Waals surface area contributed by atoms with Crippen molar-refractivity contribution in [2.75, 3.05) is 14.2 Å². The number of ether oxygens (including phenoxy) is 2.